The maximum atomic E-state index is 13.2. The van der Waals surface area contributed by atoms with Gasteiger partial charge in [0.15, 0.2) is 11.6 Å². The summed E-state index contributed by atoms with van der Waals surface area (Å²) in [4.78, 5) is 22.7. The van der Waals surface area contributed by atoms with Crippen molar-refractivity contribution in [2.75, 3.05) is 5.32 Å². The van der Waals surface area contributed by atoms with Gasteiger partial charge in [-0.1, -0.05) is 6.07 Å². The minimum absolute atomic E-state index is 0.0349. The van der Waals surface area contributed by atoms with Gasteiger partial charge in [0.05, 0.1) is 0 Å². The summed E-state index contributed by atoms with van der Waals surface area (Å²) >= 11 is 0. The Morgan fingerprint density at radius 3 is 2.30 bits per heavy atom. The summed E-state index contributed by atoms with van der Waals surface area (Å²) in [7, 11) is 0. The molecule has 0 bridgehead atoms. The van der Waals surface area contributed by atoms with E-state index in [9.17, 15) is 35.1 Å². The van der Waals surface area contributed by atoms with Gasteiger partial charge in [-0.2, -0.15) is 23.1 Å². The minimum Gasteiger partial charge on any atom is -0.388 e. The van der Waals surface area contributed by atoms with Crippen molar-refractivity contribution in [3.8, 4) is 28.8 Å². The smallest absolute Gasteiger partial charge is 0.388 e. The molecule has 37 heavy (non-hydrogen) atoms. The highest BCUT2D eigenvalue weighted by molar-refractivity contribution is 5.63. The zero-order valence-corrected chi connectivity index (χ0v) is 17.9. The van der Waals surface area contributed by atoms with E-state index in [4.69, 9.17) is 0 Å². The zero-order valence-electron chi connectivity index (χ0n) is 17.9. The van der Waals surface area contributed by atoms with Crippen molar-refractivity contribution in [2.24, 2.45) is 0 Å². The van der Waals surface area contributed by atoms with Crippen LogP contribution in [0.5, 0.6) is 5.88 Å². The molecule has 0 amide bonds. The number of nitrogens with zero attached hydrogens (tertiary/aromatic N) is 6. The van der Waals surface area contributed by atoms with Crippen LogP contribution < -0.4 is 10.1 Å². The van der Waals surface area contributed by atoms with Crippen LogP contribution in [-0.2, 0) is 6.18 Å². The van der Waals surface area contributed by atoms with Crippen LogP contribution in [0.3, 0.4) is 0 Å². The fourth-order valence-corrected chi connectivity index (χ4v) is 2.88. The number of hydrogen-bond acceptors (Lipinski definition) is 8. The first-order valence-electron chi connectivity index (χ1n) is 9.90. The van der Waals surface area contributed by atoms with E-state index in [1.165, 1.54) is 12.1 Å². The van der Waals surface area contributed by atoms with Crippen molar-refractivity contribution in [3.63, 3.8) is 0 Å². The van der Waals surface area contributed by atoms with Gasteiger partial charge in [-0.25, -0.2) is 23.7 Å². The highest BCUT2D eigenvalue weighted by Crippen LogP contribution is 2.30. The highest BCUT2D eigenvalue weighted by atomic mass is 19.4. The first-order valence-corrected chi connectivity index (χ1v) is 9.90. The maximum Gasteiger partial charge on any atom is 0.574 e. The fourth-order valence-electron chi connectivity index (χ4n) is 2.88. The zero-order chi connectivity index (χ0) is 26.8. The molecular formula is C21H11F8N7O. The molecule has 4 rings (SSSR count). The van der Waals surface area contributed by atoms with E-state index in [2.05, 4.69) is 40.0 Å². The monoisotopic (exact) mass is 529 g/mol. The molecule has 0 saturated carbocycles. The molecule has 192 valence electrons. The average Bonchev–Trinajstić information content (AvgIpc) is 2.82. The molecule has 0 aliphatic heterocycles. The quantitative estimate of drug-likeness (QED) is 0.304. The Morgan fingerprint density at radius 2 is 1.59 bits per heavy atom. The molecule has 0 saturated heterocycles. The van der Waals surface area contributed by atoms with E-state index in [1.54, 1.807) is 0 Å². The normalized spacial score (nSPS) is 12.0. The minimum atomic E-state index is -5.02. The maximum absolute atomic E-state index is 13.2. The molecular weight excluding hydrogens is 518 g/mol. The Bertz CT molecular complexity index is 1410. The second-order valence-corrected chi connectivity index (χ2v) is 7.08. The molecule has 0 unspecified atom stereocenters. The van der Waals surface area contributed by atoms with Gasteiger partial charge in [0.25, 0.3) is 6.43 Å². The third-order valence-electron chi connectivity index (χ3n) is 4.38. The standard InChI is InChI=1S/C21H11F8N7O/c22-16(23)10-6-11(9-30-8-10)17-34-18(13-2-1-3-14(33-13)20(24,25)26)36-19(35-17)32-12-4-5-31-15(7-12)37-21(27,28)29/h1-9,16H,(H,31,32,34,35,36). The molecule has 1 N–H and O–H groups in total. The Balaban J connectivity index is 1.80. The van der Waals surface area contributed by atoms with E-state index < -0.39 is 36.1 Å². The number of nitrogens with one attached hydrogen (secondary N) is 1. The van der Waals surface area contributed by atoms with E-state index in [0.717, 1.165) is 42.9 Å². The summed E-state index contributed by atoms with van der Waals surface area (Å²) in [6.45, 7) is 0. The number of alkyl halides is 8. The largest absolute Gasteiger partial charge is 0.574 e. The van der Waals surface area contributed by atoms with Crippen LogP contribution in [0.1, 0.15) is 17.7 Å². The van der Waals surface area contributed by atoms with Crippen LogP contribution in [0.15, 0.2) is 55.0 Å². The number of halogens is 8. The number of anilines is 2. The van der Waals surface area contributed by atoms with Crippen molar-refractivity contribution in [3.05, 3.63) is 66.2 Å². The summed E-state index contributed by atoms with van der Waals surface area (Å²) in [5.74, 6) is -1.84. The molecule has 4 aromatic rings. The second kappa shape index (κ2) is 9.87. The Kier molecular flexibility index (Phi) is 6.82. The van der Waals surface area contributed by atoms with E-state index in [0.29, 0.717) is 0 Å². The lowest BCUT2D eigenvalue weighted by Gasteiger charge is -2.12. The van der Waals surface area contributed by atoms with E-state index in [-0.39, 0.29) is 34.5 Å². The molecule has 0 aliphatic carbocycles. The summed E-state index contributed by atoms with van der Waals surface area (Å²) in [6.07, 6.45) is -9.67. The summed E-state index contributed by atoms with van der Waals surface area (Å²) in [6, 6.07) is 6.06. The second-order valence-electron chi connectivity index (χ2n) is 7.08. The Hall–Kier alpha value is -4.50. The number of ether oxygens (including phenoxy) is 1. The Morgan fingerprint density at radius 1 is 0.838 bits per heavy atom. The van der Waals surface area contributed by atoms with Crippen LogP contribution in [0.4, 0.5) is 46.8 Å². The van der Waals surface area contributed by atoms with Crippen molar-refractivity contribution in [2.45, 2.75) is 19.0 Å². The molecule has 0 fully saturated rings. The van der Waals surface area contributed by atoms with Crippen molar-refractivity contribution in [1.82, 2.24) is 29.9 Å². The summed E-state index contributed by atoms with van der Waals surface area (Å²) in [5, 5.41) is 2.56. The first-order chi connectivity index (χ1) is 17.4. The van der Waals surface area contributed by atoms with Crippen molar-refractivity contribution in [1.29, 1.82) is 0 Å². The van der Waals surface area contributed by atoms with E-state index in [1.807, 2.05) is 0 Å². The molecule has 0 atom stereocenters. The topological polar surface area (TPSA) is 98.6 Å². The lowest BCUT2D eigenvalue weighted by Crippen LogP contribution is -2.17. The molecule has 0 aromatic carbocycles. The predicted molar refractivity (Wildman–Crippen MR) is 110 cm³/mol. The number of hydrogen-bond donors (Lipinski definition) is 1. The fraction of sp³-hybridized carbons (Fsp3) is 0.143. The number of pyridine rings is 3. The molecule has 0 aliphatic rings. The lowest BCUT2D eigenvalue weighted by molar-refractivity contribution is -0.276. The molecule has 16 heteroatoms. The predicted octanol–water partition coefficient (Wildman–Crippen LogP) is 5.99. The van der Waals surface area contributed by atoms with Gasteiger partial charge in [-0.15, -0.1) is 13.2 Å². The van der Waals surface area contributed by atoms with Gasteiger partial charge < -0.3 is 10.1 Å². The van der Waals surface area contributed by atoms with Crippen molar-refractivity contribution < 1.29 is 39.9 Å². The van der Waals surface area contributed by atoms with Crippen LogP contribution in [-0.4, -0.2) is 36.3 Å². The van der Waals surface area contributed by atoms with Gasteiger partial charge in [0, 0.05) is 41.5 Å². The molecule has 0 spiro atoms. The third-order valence-corrected chi connectivity index (χ3v) is 4.38. The average molecular weight is 529 g/mol. The first kappa shape index (κ1) is 25.6. The molecule has 0 radical (unpaired) electrons. The molecule has 4 aromatic heterocycles. The molecule has 4 heterocycles. The van der Waals surface area contributed by atoms with E-state index >= 15 is 0 Å². The highest BCUT2D eigenvalue weighted by Gasteiger charge is 2.33. The van der Waals surface area contributed by atoms with Crippen LogP contribution in [0.25, 0.3) is 22.9 Å². The van der Waals surface area contributed by atoms with Gasteiger partial charge in [-0.05, 0) is 24.3 Å². The number of aromatic nitrogens is 6. The van der Waals surface area contributed by atoms with Gasteiger partial charge >= 0.3 is 12.5 Å². The van der Waals surface area contributed by atoms with Gasteiger partial charge in [-0.3, -0.25) is 4.98 Å². The Labute approximate surface area is 201 Å². The van der Waals surface area contributed by atoms with Gasteiger partial charge in [0.1, 0.15) is 11.4 Å². The van der Waals surface area contributed by atoms with Gasteiger partial charge in [0.2, 0.25) is 11.8 Å². The summed E-state index contributed by atoms with van der Waals surface area (Å²) in [5.41, 5.74) is -2.14. The lowest BCUT2D eigenvalue weighted by atomic mass is 10.2. The third kappa shape index (κ3) is 6.59. The molecule has 8 nitrogen and oxygen atoms in total. The van der Waals surface area contributed by atoms with Crippen LogP contribution >= 0.6 is 0 Å². The SMILES string of the molecule is FC(F)c1cncc(-c2nc(Nc3ccnc(OC(F)(F)F)c3)nc(-c3cccc(C(F)(F)F)n3)n2)c1. The van der Waals surface area contributed by atoms with Crippen molar-refractivity contribution >= 4 is 11.6 Å². The summed E-state index contributed by atoms with van der Waals surface area (Å²) < 4.78 is 107. The van der Waals surface area contributed by atoms with Crippen LogP contribution in [0.2, 0.25) is 0 Å². The number of rotatable bonds is 6. The van der Waals surface area contributed by atoms with Crippen LogP contribution in [0, 0.1) is 0 Å².